The van der Waals surface area contributed by atoms with Gasteiger partial charge in [-0.3, -0.25) is 4.79 Å². The van der Waals surface area contributed by atoms with Crippen molar-refractivity contribution in [2.75, 3.05) is 13.1 Å². The van der Waals surface area contributed by atoms with Gasteiger partial charge in [-0.25, -0.2) is 0 Å². The number of amides is 1. The minimum Gasteiger partial charge on any atom is -0.508 e. The first-order chi connectivity index (χ1) is 10.6. The lowest BCUT2D eigenvalue weighted by molar-refractivity contribution is -0.126. The number of rotatable bonds is 8. The molecular weight excluding hydrogens is 276 g/mol. The molecule has 1 rings (SSSR count). The average Bonchev–Trinajstić information content (AvgIpc) is 2.52. The molecule has 1 aromatic rings. The van der Waals surface area contributed by atoms with E-state index in [0.717, 1.165) is 25.7 Å². The van der Waals surface area contributed by atoms with Crippen LogP contribution in [-0.4, -0.2) is 29.0 Å². The predicted molar refractivity (Wildman–Crippen MR) is 88.1 cm³/mol. The summed E-state index contributed by atoms with van der Waals surface area (Å²) in [5, 5.41) is 18.8. The summed E-state index contributed by atoms with van der Waals surface area (Å²) in [7, 11) is 0. The van der Waals surface area contributed by atoms with Gasteiger partial charge in [0.1, 0.15) is 17.4 Å². The molecule has 4 heteroatoms. The number of hydrogen-bond acceptors (Lipinski definition) is 3. The van der Waals surface area contributed by atoms with E-state index in [1.165, 1.54) is 12.1 Å². The molecule has 0 saturated heterocycles. The van der Waals surface area contributed by atoms with Crippen LogP contribution in [0.5, 0.6) is 5.75 Å². The second kappa shape index (κ2) is 9.62. The lowest BCUT2D eigenvalue weighted by Crippen LogP contribution is -2.33. The van der Waals surface area contributed by atoms with Crippen LogP contribution in [0.3, 0.4) is 0 Å². The van der Waals surface area contributed by atoms with Crippen LogP contribution in [0.2, 0.25) is 0 Å². The largest absolute Gasteiger partial charge is 0.508 e. The van der Waals surface area contributed by atoms with E-state index in [1.807, 2.05) is 6.07 Å². The molecule has 22 heavy (non-hydrogen) atoms. The molecule has 0 saturated carbocycles. The Morgan fingerprint density at radius 3 is 2.41 bits per heavy atom. The Morgan fingerprint density at radius 2 is 1.91 bits per heavy atom. The number of benzene rings is 1. The molecule has 0 fully saturated rings. The smallest absolute Gasteiger partial charge is 0.264 e. The van der Waals surface area contributed by atoms with Crippen LogP contribution >= 0.6 is 0 Å². The van der Waals surface area contributed by atoms with Gasteiger partial charge in [0.15, 0.2) is 0 Å². The Morgan fingerprint density at radius 1 is 1.27 bits per heavy atom. The third-order valence-electron chi connectivity index (χ3n) is 3.38. The third-order valence-corrected chi connectivity index (χ3v) is 3.38. The number of carbonyl (C=O) groups is 1. The maximum Gasteiger partial charge on any atom is 0.264 e. The molecule has 0 unspecified atom stereocenters. The molecule has 0 atom stereocenters. The highest BCUT2D eigenvalue weighted by molar-refractivity contribution is 6.01. The van der Waals surface area contributed by atoms with Crippen molar-refractivity contribution >= 4 is 12.0 Å². The van der Waals surface area contributed by atoms with Crippen LogP contribution in [0.15, 0.2) is 29.8 Å². The molecule has 0 aliphatic rings. The van der Waals surface area contributed by atoms with Crippen molar-refractivity contribution in [2.45, 2.75) is 39.5 Å². The first-order valence-corrected chi connectivity index (χ1v) is 7.82. The summed E-state index contributed by atoms with van der Waals surface area (Å²) in [6.07, 6.45) is 5.41. The SMILES string of the molecule is CCCCN(CCCC)C(=O)/C(C#N)=C/c1cccc(O)c1. The maximum absolute atomic E-state index is 12.5. The molecule has 0 spiro atoms. The quantitative estimate of drug-likeness (QED) is 0.587. The zero-order chi connectivity index (χ0) is 16.4. The molecule has 0 radical (unpaired) electrons. The van der Waals surface area contributed by atoms with E-state index in [2.05, 4.69) is 13.8 Å². The number of aromatic hydroxyl groups is 1. The fraction of sp³-hybridized carbons (Fsp3) is 0.444. The van der Waals surface area contributed by atoms with Crippen molar-refractivity contribution in [2.24, 2.45) is 0 Å². The fourth-order valence-corrected chi connectivity index (χ4v) is 2.11. The second-order valence-corrected chi connectivity index (χ2v) is 5.26. The van der Waals surface area contributed by atoms with Crippen molar-refractivity contribution in [3.63, 3.8) is 0 Å². The van der Waals surface area contributed by atoms with Crippen LogP contribution in [0.25, 0.3) is 6.08 Å². The monoisotopic (exact) mass is 300 g/mol. The Labute approximate surface area is 132 Å². The number of unbranched alkanes of at least 4 members (excludes halogenated alkanes) is 2. The van der Waals surface area contributed by atoms with Gasteiger partial charge in [-0.05, 0) is 36.6 Å². The minimum atomic E-state index is -0.229. The number of carbonyl (C=O) groups excluding carboxylic acids is 1. The first-order valence-electron chi connectivity index (χ1n) is 7.82. The number of phenolic OH excluding ortho intramolecular Hbond substituents is 1. The molecule has 1 N–H and O–H groups in total. The van der Waals surface area contributed by atoms with Crippen molar-refractivity contribution < 1.29 is 9.90 Å². The van der Waals surface area contributed by atoms with Gasteiger partial charge in [-0.1, -0.05) is 38.8 Å². The lowest BCUT2D eigenvalue weighted by atomic mass is 10.1. The molecule has 118 valence electrons. The predicted octanol–water partition coefficient (Wildman–Crippen LogP) is 3.73. The van der Waals surface area contributed by atoms with Crippen LogP contribution in [0, 0.1) is 11.3 Å². The van der Waals surface area contributed by atoms with Gasteiger partial charge < -0.3 is 10.0 Å². The van der Waals surface area contributed by atoms with Crippen LogP contribution in [0.1, 0.15) is 45.1 Å². The summed E-state index contributed by atoms with van der Waals surface area (Å²) in [6, 6.07) is 8.53. The van der Waals surface area contributed by atoms with Gasteiger partial charge in [-0.2, -0.15) is 5.26 Å². The minimum absolute atomic E-state index is 0.109. The van der Waals surface area contributed by atoms with Gasteiger partial charge in [0.2, 0.25) is 0 Å². The van der Waals surface area contributed by atoms with E-state index in [4.69, 9.17) is 0 Å². The Bertz CT molecular complexity index is 550. The van der Waals surface area contributed by atoms with E-state index < -0.39 is 0 Å². The zero-order valence-corrected chi connectivity index (χ0v) is 13.4. The Kier molecular flexibility index (Phi) is 7.77. The van der Waals surface area contributed by atoms with Crippen molar-refractivity contribution in [3.8, 4) is 11.8 Å². The molecule has 0 aliphatic carbocycles. The van der Waals surface area contributed by atoms with Crippen molar-refractivity contribution in [1.29, 1.82) is 5.26 Å². The van der Waals surface area contributed by atoms with Gasteiger partial charge in [0, 0.05) is 13.1 Å². The maximum atomic E-state index is 12.5. The number of phenols is 1. The van der Waals surface area contributed by atoms with Crippen LogP contribution < -0.4 is 0 Å². The average molecular weight is 300 g/mol. The fourth-order valence-electron chi connectivity index (χ4n) is 2.11. The number of hydrogen-bond donors (Lipinski definition) is 1. The standard InChI is InChI=1S/C18H24N2O2/c1-3-5-10-20(11-6-4-2)18(22)16(14-19)12-15-8-7-9-17(21)13-15/h7-9,12-13,21H,3-6,10-11H2,1-2H3/b16-12+. The molecule has 0 heterocycles. The summed E-state index contributed by atoms with van der Waals surface area (Å²) in [4.78, 5) is 14.3. The molecule has 0 aromatic heterocycles. The summed E-state index contributed by atoms with van der Waals surface area (Å²) >= 11 is 0. The second-order valence-electron chi connectivity index (χ2n) is 5.26. The zero-order valence-electron chi connectivity index (χ0n) is 13.4. The van der Waals surface area contributed by atoms with Gasteiger partial charge in [0.05, 0.1) is 0 Å². The van der Waals surface area contributed by atoms with Crippen molar-refractivity contribution in [1.82, 2.24) is 4.90 Å². The molecule has 1 amide bonds. The molecule has 0 aliphatic heterocycles. The number of nitrogens with zero attached hydrogens (tertiary/aromatic N) is 2. The van der Waals surface area contributed by atoms with E-state index in [1.54, 1.807) is 23.1 Å². The van der Waals surface area contributed by atoms with Crippen LogP contribution in [-0.2, 0) is 4.79 Å². The summed E-state index contributed by atoms with van der Waals surface area (Å²) in [5.41, 5.74) is 0.758. The summed E-state index contributed by atoms with van der Waals surface area (Å²) < 4.78 is 0. The first kappa shape index (κ1) is 17.8. The van der Waals surface area contributed by atoms with E-state index in [9.17, 15) is 15.2 Å². The highest BCUT2D eigenvalue weighted by atomic mass is 16.3. The number of nitriles is 1. The van der Waals surface area contributed by atoms with Crippen molar-refractivity contribution in [3.05, 3.63) is 35.4 Å². The third kappa shape index (κ3) is 5.61. The molecule has 4 nitrogen and oxygen atoms in total. The molecular formula is C18H24N2O2. The highest BCUT2D eigenvalue weighted by Gasteiger charge is 2.17. The van der Waals surface area contributed by atoms with E-state index >= 15 is 0 Å². The van der Waals surface area contributed by atoms with Gasteiger partial charge in [0.25, 0.3) is 5.91 Å². The van der Waals surface area contributed by atoms with Gasteiger partial charge >= 0.3 is 0 Å². The molecule has 1 aromatic carbocycles. The summed E-state index contributed by atoms with van der Waals surface area (Å²) in [5.74, 6) is -0.111. The van der Waals surface area contributed by atoms with Gasteiger partial charge in [-0.15, -0.1) is 0 Å². The van der Waals surface area contributed by atoms with E-state index in [0.29, 0.717) is 18.7 Å². The van der Waals surface area contributed by atoms with E-state index in [-0.39, 0.29) is 17.2 Å². The van der Waals surface area contributed by atoms with Crippen LogP contribution in [0.4, 0.5) is 0 Å². The molecule has 0 bridgehead atoms. The summed E-state index contributed by atoms with van der Waals surface area (Å²) in [6.45, 7) is 5.51. The normalized spacial score (nSPS) is 11.0. The highest BCUT2D eigenvalue weighted by Crippen LogP contribution is 2.15. The Hall–Kier alpha value is -2.28. The lowest BCUT2D eigenvalue weighted by Gasteiger charge is -2.22. The Balaban J connectivity index is 2.94. The topological polar surface area (TPSA) is 64.3 Å².